The minimum atomic E-state index is -1.01. The van der Waals surface area contributed by atoms with Crippen LogP contribution in [0.1, 0.15) is 29.2 Å². The van der Waals surface area contributed by atoms with Gasteiger partial charge in [-0.2, -0.15) is 5.10 Å². The predicted octanol–water partition coefficient (Wildman–Crippen LogP) is 2.83. The second kappa shape index (κ2) is 10.1. The highest BCUT2D eigenvalue weighted by atomic mass is 16.5. The number of benzene rings is 2. The van der Waals surface area contributed by atoms with E-state index in [1.165, 1.54) is 16.8 Å². The Morgan fingerprint density at radius 1 is 1.09 bits per heavy atom. The van der Waals surface area contributed by atoms with Crippen molar-refractivity contribution in [3.8, 4) is 22.8 Å². The average Bonchev–Trinajstić information content (AvgIpc) is 3.45. The average molecular weight is 476 g/mol. The van der Waals surface area contributed by atoms with Crippen molar-refractivity contribution in [1.82, 2.24) is 14.7 Å². The molecule has 4 rings (SSSR count). The summed E-state index contributed by atoms with van der Waals surface area (Å²) in [5.74, 6) is -0.542. The smallest absolute Gasteiger partial charge is 0.307 e. The highest BCUT2D eigenvalue weighted by Crippen LogP contribution is 2.33. The van der Waals surface area contributed by atoms with E-state index in [2.05, 4.69) is 5.10 Å². The number of aliphatic carboxylic acids is 1. The molecule has 0 spiro atoms. The first-order chi connectivity index (χ1) is 16.8. The molecule has 3 aromatic rings. The summed E-state index contributed by atoms with van der Waals surface area (Å²) in [5.41, 5.74) is 13.0. The van der Waals surface area contributed by atoms with Crippen LogP contribution in [0.3, 0.4) is 0 Å². The standard InChI is InChI=1S/C25H25N5O5/c26-24-22(25(27)34)23(16-9-11-19(12-10-16)35-18-5-2-1-3-6-18)28-30(24)17-13-14-29(15-17)20(31)7-4-8-21(32)33/h1-7,9-12,17H,8,13-15,26H2,(H2,27,34)(H,32,33)/b7-4-/t17-/m1/s1. The van der Waals surface area contributed by atoms with Gasteiger partial charge in [0.1, 0.15) is 28.6 Å². The van der Waals surface area contributed by atoms with Gasteiger partial charge in [0.05, 0.1) is 12.5 Å². The molecule has 180 valence electrons. The van der Waals surface area contributed by atoms with Gasteiger partial charge in [-0.1, -0.05) is 24.3 Å². The van der Waals surface area contributed by atoms with Crippen molar-refractivity contribution < 1.29 is 24.2 Å². The maximum Gasteiger partial charge on any atom is 0.307 e. The third kappa shape index (κ3) is 5.32. The van der Waals surface area contributed by atoms with Gasteiger partial charge in [-0.25, -0.2) is 4.68 Å². The Bertz CT molecular complexity index is 1270. The van der Waals surface area contributed by atoms with E-state index in [0.717, 1.165) is 0 Å². The van der Waals surface area contributed by atoms with Gasteiger partial charge in [-0.3, -0.25) is 14.4 Å². The van der Waals surface area contributed by atoms with Crippen LogP contribution >= 0.6 is 0 Å². The molecule has 0 aliphatic carbocycles. The van der Waals surface area contributed by atoms with Crippen molar-refractivity contribution >= 4 is 23.6 Å². The number of carboxylic acids is 1. The van der Waals surface area contributed by atoms with Crippen LogP contribution in [0.25, 0.3) is 11.3 Å². The third-order valence-corrected chi connectivity index (χ3v) is 5.67. The van der Waals surface area contributed by atoms with Crippen molar-refractivity contribution in [1.29, 1.82) is 0 Å². The Kier molecular flexibility index (Phi) is 6.81. The first-order valence-electron chi connectivity index (χ1n) is 11.0. The summed E-state index contributed by atoms with van der Waals surface area (Å²) in [6, 6.07) is 16.2. The zero-order valence-electron chi connectivity index (χ0n) is 18.8. The van der Waals surface area contributed by atoms with Crippen LogP contribution < -0.4 is 16.2 Å². The molecule has 0 unspecified atom stereocenters. The maximum atomic E-state index is 12.4. The lowest BCUT2D eigenvalue weighted by Crippen LogP contribution is -2.28. The number of anilines is 1. The maximum absolute atomic E-state index is 12.4. The Labute approximate surface area is 201 Å². The molecule has 10 nitrogen and oxygen atoms in total. The second-order valence-electron chi connectivity index (χ2n) is 8.08. The Morgan fingerprint density at radius 2 is 1.77 bits per heavy atom. The number of nitrogen functional groups attached to an aromatic ring is 1. The number of carbonyl (C=O) groups is 3. The Hall–Kier alpha value is -4.60. The lowest BCUT2D eigenvalue weighted by atomic mass is 10.1. The fourth-order valence-corrected chi connectivity index (χ4v) is 3.98. The molecular weight excluding hydrogens is 450 g/mol. The largest absolute Gasteiger partial charge is 0.481 e. The molecule has 1 aliphatic heterocycles. The van der Waals surface area contributed by atoms with Crippen LogP contribution in [-0.2, 0) is 9.59 Å². The first kappa shape index (κ1) is 23.6. The Morgan fingerprint density at radius 3 is 2.43 bits per heavy atom. The minimum Gasteiger partial charge on any atom is -0.481 e. The number of amides is 2. The molecule has 1 aliphatic rings. The van der Waals surface area contributed by atoms with E-state index in [0.29, 0.717) is 42.3 Å². The van der Waals surface area contributed by atoms with Crippen molar-refractivity contribution in [3.63, 3.8) is 0 Å². The number of likely N-dealkylation sites (tertiary alicyclic amines) is 1. The lowest BCUT2D eigenvalue weighted by molar-refractivity contribution is -0.136. The normalized spacial score (nSPS) is 15.4. The van der Waals surface area contributed by atoms with E-state index in [9.17, 15) is 14.4 Å². The molecule has 2 heterocycles. The lowest BCUT2D eigenvalue weighted by Gasteiger charge is -2.15. The van der Waals surface area contributed by atoms with E-state index in [4.69, 9.17) is 21.3 Å². The van der Waals surface area contributed by atoms with E-state index in [1.54, 1.807) is 29.2 Å². The summed E-state index contributed by atoms with van der Waals surface area (Å²) in [4.78, 5) is 36.8. The van der Waals surface area contributed by atoms with E-state index in [-0.39, 0.29) is 29.8 Å². The van der Waals surface area contributed by atoms with Crippen molar-refractivity contribution in [2.45, 2.75) is 18.9 Å². The molecule has 0 saturated carbocycles. The SMILES string of the molecule is NC(=O)c1c(-c2ccc(Oc3ccccc3)cc2)nn([C@@H]2CCN(C(=O)/C=C\CC(=O)O)C2)c1N. The van der Waals surface area contributed by atoms with E-state index in [1.807, 2.05) is 30.3 Å². The summed E-state index contributed by atoms with van der Waals surface area (Å²) in [7, 11) is 0. The van der Waals surface area contributed by atoms with Crippen LogP contribution in [-0.4, -0.2) is 50.7 Å². The van der Waals surface area contributed by atoms with Gasteiger partial charge in [-0.05, 0) is 48.9 Å². The molecule has 0 bridgehead atoms. The predicted molar refractivity (Wildman–Crippen MR) is 129 cm³/mol. The number of para-hydroxylation sites is 1. The van der Waals surface area contributed by atoms with Gasteiger partial charge in [-0.15, -0.1) is 0 Å². The summed E-state index contributed by atoms with van der Waals surface area (Å²) in [6.07, 6.45) is 2.92. The van der Waals surface area contributed by atoms with Gasteiger partial charge < -0.3 is 26.2 Å². The third-order valence-electron chi connectivity index (χ3n) is 5.67. The molecule has 5 N–H and O–H groups in total. The number of aromatic nitrogens is 2. The van der Waals surface area contributed by atoms with Gasteiger partial charge in [0.15, 0.2) is 0 Å². The van der Waals surface area contributed by atoms with Crippen LogP contribution in [0.5, 0.6) is 11.5 Å². The van der Waals surface area contributed by atoms with Crippen LogP contribution in [0.2, 0.25) is 0 Å². The second-order valence-corrected chi connectivity index (χ2v) is 8.08. The number of ether oxygens (including phenoxy) is 1. The van der Waals surface area contributed by atoms with Gasteiger partial charge in [0.2, 0.25) is 5.91 Å². The number of rotatable bonds is 8. The van der Waals surface area contributed by atoms with E-state index >= 15 is 0 Å². The first-order valence-corrected chi connectivity index (χ1v) is 11.0. The summed E-state index contributed by atoms with van der Waals surface area (Å²) >= 11 is 0. The van der Waals surface area contributed by atoms with Crippen molar-refractivity contribution in [3.05, 3.63) is 72.3 Å². The summed E-state index contributed by atoms with van der Waals surface area (Å²) in [6.45, 7) is 0.774. The number of hydrogen-bond acceptors (Lipinski definition) is 6. The number of carbonyl (C=O) groups excluding carboxylic acids is 2. The fraction of sp³-hybridized carbons (Fsp3) is 0.200. The molecule has 1 atom stereocenters. The number of hydrogen-bond donors (Lipinski definition) is 3. The number of primary amides is 1. The summed E-state index contributed by atoms with van der Waals surface area (Å²) in [5, 5.41) is 13.3. The van der Waals surface area contributed by atoms with Crippen LogP contribution in [0.15, 0.2) is 66.7 Å². The van der Waals surface area contributed by atoms with Gasteiger partial charge in [0, 0.05) is 18.7 Å². The van der Waals surface area contributed by atoms with Crippen molar-refractivity contribution in [2.24, 2.45) is 5.73 Å². The van der Waals surface area contributed by atoms with Crippen LogP contribution in [0, 0.1) is 0 Å². The Balaban J connectivity index is 1.54. The molecule has 10 heteroatoms. The van der Waals surface area contributed by atoms with Crippen molar-refractivity contribution in [2.75, 3.05) is 18.8 Å². The quantitative estimate of drug-likeness (QED) is 0.423. The highest BCUT2D eigenvalue weighted by Gasteiger charge is 2.31. The highest BCUT2D eigenvalue weighted by molar-refractivity contribution is 6.03. The zero-order chi connectivity index (χ0) is 24.9. The van der Waals surface area contributed by atoms with Gasteiger partial charge in [0.25, 0.3) is 5.91 Å². The van der Waals surface area contributed by atoms with E-state index < -0.39 is 11.9 Å². The summed E-state index contributed by atoms with van der Waals surface area (Å²) < 4.78 is 7.35. The zero-order valence-corrected chi connectivity index (χ0v) is 18.8. The topological polar surface area (TPSA) is 154 Å². The molecule has 35 heavy (non-hydrogen) atoms. The number of nitrogens with zero attached hydrogens (tertiary/aromatic N) is 3. The van der Waals surface area contributed by atoms with Gasteiger partial charge >= 0.3 is 5.97 Å². The minimum absolute atomic E-state index is 0.118. The number of carboxylic acid groups (broad SMARTS) is 1. The van der Waals surface area contributed by atoms with Crippen LogP contribution in [0.4, 0.5) is 5.82 Å². The molecule has 0 radical (unpaired) electrons. The molecule has 1 aromatic heterocycles. The fourth-order valence-electron chi connectivity index (χ4n) is 3.98. The molecular formula is C25H25N5O5. The molecule has 2 aromatic carbocycles. The molecule has 1 fully saturated rings. The number of nitrogens with two attached hydrogens (primary N) is 2. The molecule has 1 saturated heterocycles. The molecule has 2 amide bonds. The monoisotopic (exact) mass is 475 g/mol.